The molecule has 1 heterocycles. The summed E-state index contributed by atoms with van der Waals surface area (Å²) in [7, 11) is 0. The van der Waals surface area contributed by atoms with E-state index in [1.807, 2.05) is 24.3 Å². The van der Waals surface area contributed by atoms with Gasteiger partial charge in [-0.1, -0.05) is 37.5 Å². The summed E-state index contributed by atoms with van der Waals surface area (Å²) >= 11 is 0. The van der Waals surface area contributed by atoms with Crippen molar-refractivity contribution in [1.29, 1.82) is 5.41 Å². The van der Waals surface area contributed by atoms with Crippen LogP contribution in [0.4, 0.5) is 5.69 Å². The summed E-state index contributed by atoms with van der Waals surface area (Å²) in [6.07, 6.45) is 5.68. The van der Waals surface area contributed by atoms with Crippen molar-refractivity contribution in [3.05, 3.63) is 65.9 Å². The number of amides is 2. The Labute approximate surface area is 187 Å². The third kappa shape index (κ3) is 5.17. The third-order valence-electron chi connectivity index (χ3n) is 5.94. The lowest BCUT2D eigenvalue weighted by Gasteiger charge is -2.29. The van der Waals surface area contributed by atoms with E-state index < -0.39 is 0 Å². The second kappa shape index (κ2) is 9.68. The summed E-state index contributed by atoms with van der Waals surface area (Å²) < 4.78 is 5.78. The van der Waals surface area contributed by atoms with Crippen LogP contribution >= 0.6 is 0 Å². The van der Waals surface area contributed by atoms with Gasteiger partial charge in [-0.05, 0) is 55.2 Å². The predicted octanol–water partition coefficient (Wildman–Crippen LogP) is 4.38. The molecule has 4 rings (SSSR count). The number of nitrogens with two attached hydrogens (primary N) is 1. The molecule has 32 heavy (non-hydrogen) atoms. The number of nitrogens with zero attached hydrogens (tertiary/aromatic N) is 1. The standard InChI is InChI=1S/C25H28N4O3/c26-24(27)18-10-12-20(13-11-18)28-23(30)16-29(15-17-6-2-1-3-7-17)25(31)22-14-19-8-4-5-9-21(19)32-22/h4-5,8-14,17H,1-3,6-7,15-16H2,(H3,26,27)(H,28,30). The van der Waals surface area contributed by atoms with Crippen LogP contribution in [0.2, 0.25) is 0 Å². The molecule has 1 fully saturated rings. The van der Waals surface area contributed by atoms with Crippen LogP contribution < -0.4 is 11.1 Å². The number of hydrogen-bond donors (Lipinski definition) is 3. The van der Waals surface area contributed by atoms with E-state index in [2.05, 4.69) is 5.32 Å². The van der Waals surface area contributed by atoms with Crippen molar-refractivity contribution in [2.24, 2.45) is 11.7 Å². The molecular weight excluding hydrogens is 404 g/mol. The number of fused-ring (bicyclic) bond motifs is 1. The predicted molar refractivity (Wildman–Crippen MR) is 125 cm³/mol. The van der Waals surface area contributed by atoms with Crippen LogP contribution in [0.5, 0.6) is 0 Å². The second-order valence-electron chi connectivity index (χ2n) is 8.38. The highest BCUT2D eigenvalue weighted by molar-refractivity contribution is 6.00. The zero-order valence-electron chi connectivity index (χ0n) is 18.0. The van der Waals surface area contributed by atoms with Gasteiger partial charge in [-0.25, -0.2) is 0 Å². The topological polar surface area (TPSA) is 112 Å². The Bertz CT molecular complexity index is 1080. The maximum absolute atomic E-state index is 13.3. The fraction of sp³-hybridized carbons (Fsp3) is 0.320. The molecule has 3 aromatic rings. The average molecular weight is 433 g/mol. The molecule has 0 saturated heterocycles. The van der Waals surface area contributed by atoms with E-state index in [1.165, 1.54) is 6.42 Å². The van der Waals surface area contributed by atoms with Crippen LogP contribution in [-0.2, 0) is 4.79 Å². The highest BCUT2D eigenvalue weighted by atomic mass is 16.3. The number of benzene rings is 2. The maximum Gasteiger partial charge on any atom is 0.290 e. The van der Waals surface area contributed by atoms with Crippen LogP contribution in [-0.4, -0.2) is 35.6 Å². The van der Waals surface area contributed by atoms with Crippen molar-refractivity contribution < 1.29 is 14.0 Å². The molecule has 0 spiro atoms. The molecule has 166 valence electrons. The fourth-order valence-electron chi connectivity index (χ4n) is 4.25. The van der Waals surface area contributed by atoms with Gasteiger partial charge in [-0.15, -0.1) is 0 Å². The van der Waals surface area contributed by atoms with Crippen molar-refractivity contribution in [1.82, 2.24) is 4.90 Å². The van der Waals surface area contributed by atoms with Gasteiger partial charge in [0.15, 0.2) is 5.76 Å². The second-order valence-corrected chi connectivity index (χ2v) is 8.38. The number of para-hydroxylation sites is 1. The van der Waals surface area contributed by atoms with E-state index in [-0.39, 0.29) is 30.0 Å². The first-order chi connectivity index (χ1) is 15.5. The maximum atomic E-state index is 13.3. The van der Waals surface area contributed by atoms with E-state index in [1.54, 1.807) is 35.2 Å². The van der Waals surface area contributed by atoms with E-state index in [0.29, 0.717) is 29.3 Å². The summed E-state index contributed by atoms with van der Waals surface area (Å²) in [4.78, 5) is 27.7. The molecule has 7 heteroatoms. The lowest BCUT2D eigenvalue weighted by Crippen LogP contribution is -2.41. The third-order valence-corrected chi connectivity index (χ3v) is 5.94. The van der Waals surface area contributed by atoms with E-state index in [9.17, 15) is 9.59 Å². The molecule has 1 saturated carbocycles. The van der Waals surface area contributed by atoms with Gasteiger partial charge >= 0.3 is 0 Å². The lowest BCUT2D eigenvalue weighted by atomic mass is 9.89. The van der Waals surface area contributed by atoms with Gasteiger partial charge in [0.25, 0.3) is 5.91 Å². The number of anilines is 1. The fourth-order valence-corrected chi connectivity index (χ4v) is 4.25. The van der Waals surface area contributed by atoms with Crippen LogP contribution in [0.15, 0.2) is 59.0 Å². The molecule has 2 aromatic carbocycles. The number of hydrogen-bond acceptors (Lipinski definition) is 4. The summed E-state index contributed by atoms with van der Waals surface area (Å²) in [6.45, 7) is 0.480. The van der Waals surface area contributed by atoms with Gasteiger partial charge in [0.05, 0.1) is 0 Å². The van der Waals surface area contributed by atoms with Gasteiger partial charge in [-0.3, -0.25) is 15.0 Å². The smallest absolute Gasteiger partial charge is 0.290 e. The quantitative estimate of drug-likeness (QED) is 0.380. The van der Waals surface area contributed by atoms with Crippen molar-refractivity contribution in [3.63, 3.8) is 0 Å². The van der Waals surface area contributed by atoms with E-state index in [0.717, 1.165) is 31.1 Å². The normalized spacial score (nSPS) is 14.2. The Kier molecular flexibility index (Phi) is 6.54. The molecular formula is C25H28N4O3. The van der Waals surface area contributed by atoms with Gasteiger partial charge < -0.3 is 20.4 Å². The number of rotatable bonds is 7. The minimum absolute atomic E-state index is 0.0297. The van der Waals surface area contributed by atoms with Gasteiger partial charge in [0, 0.05) is 23.2 Å². The molecule has 1 aromatic heterocycles. The molecule has 0 bridgehead atoms. The average Bonchev–Trinajstić information content (AvgIpc) is 3.23. The minimum atomic E-state index is -0.277. The monoisotopic (exact) mass is 432 g/mol. The molecule has 0 atom stereocenters. The Morgan fingerprint density at radius 2 is 1.78 bits per heavy atom. The first-order valence-electron chi connectivity index (χ1n) is 11.0. The van der Waals surface area contributed by atoms with E-state index >= 15 is 0 Å². The number of carbonyl (C=O) groups excluding carboxylic acids is 2. The minimum Gasteiger partial charge on any atom is -0.451 e. The van der Waals surface area contributed by atoms with Crippen LogP contribution in [0, 0.1) is 11.3 Å². The number of furan rings is 1. The molecule has 0 unspecified atom stereocenters. The largest absolute Gasteiger partial charge is 0.451 e. The summed E-state index contributed by atoms with van der Waals surface area (Å²) in [5.74, 6) is 0.0630. The Morgan fingerprint density at radius 1 is 1.06 bits per heavy atom. The molecule has 4 N–H and O–H groups in total. The molecule has 1 aliphatic rings. The first kappa shape index (κ1) is 21.6. The van der Waals surface area contributed by atoms with E-state index in [4.69, 9.17) is 15.6 Å². The Balaban J connectivity index is 1.49. The van der Waals surface area contributed by atoms with Crippen molar-refractivity contribution in [2.45, 2.75) is 32.1 Å². The van der Waals surface area contributed by atoms with Crippen LogP contribution in [0.1, 0.15) is 48.2 Å². The SMILES string of the molecule is N=C(N)c1ccc(NC(=O)CN(CC2CCCCC2)C(=O)c2cc3ccccc3o2)cc1. The lowest BCUT2D eigenvalue weighted by molar-refractivity contribution is -0.117. The molecule has 0 aliphatic heterocycles. The number of nitrogens with one attached hydrogen (secondary N) is 2. The number of nitrogen functional groups attached to an aromatic ring is 1. The highest BCUT2D eigenvalue weighted by Gasteiger charge is 2.26. The Hall–Kier alpha value is -3.61. The van der Waals surface area contributed by atoms with Crippen molar-refractivity contribution >= 4 is 34.3 Å². The van der Waals surface area contributed by atoms with Crippen LogP contribution in [0.25, 0.3) is 11.0 Å². The van der Waals surface area contributed by atoms with Gasteiger partial charge in [0.2, 0.25) is 5.91 Å². The molecule has 7 nitrogen and oxygen atoms in total. The zero-order chi connectivity index (χ0) is 22.5. The molecule has 0 radical (unpaired) electrons. The number of amidine groups is 1. The molecule has 1 aliphatic carbocycles. The highest BCUT2D eigenvalue weighted by Crippen LogP contribution is 2.26. The summed E-state index contributed by atoms with van der Waals surface area (Å²) in [5.41, 5.74) is 7.31. The first-order valence-corrected chi connectivity index (χ1v) is 11.0. The van der Waals surface area contributed by atoms with Crippen molar-refractivity contribution in [3.8, 4) is 0 Å². The van der Waals surface area contributed by atoms with Gasteiger partial charge in [-0.2, -0.15) is 0 Å². The summed E-state index contributed by atoms with van der Waals surface area (Å²) in [5, 5.41) is 11.2. The molecule has 2 amide bonds. The summed E-state index contributed by atoms with van der Waals surface area (Å²) in [6, 6.07) is 16.0. The number of carbonyl (C=O) groups is 2. The van der Waals surface area contributed by atoms with Crippen LogP contribution in [0.3, 0.4) is 0 Å². The van der Waals surface area contributed by atoms with Crippen molar-refractivity contribution in [2.75, 3.05) is 18.4 Å². The Morgan fingerprint density at radius 3 is 2.47 bits per heavy atom. The zero-order valence-corrected chi connectivity index (χ0v) is 18.0. The van der Waals surface area contributed by atoms with Gasteiger partial charge in [0.1, 0.15) is 18.0 Å².